The highest BCUT2D eigenvalue weighted by molar-refractivity contribution is 7.99. The van der Waals surface area contributed by atoms with Crippen LogP contribution in [0.1, 0.15) is 24.8 Å². The van der Waals surface area contributed by atoms with Gasteiger partial charge in [0.05, 0.1) is 22.6 Å². The fourth-order valence-corrected chi connectivity index (χ4v) is 5.44. The molecule has 0 bridgehead atoms. The molecule has 0 saturated carbocycles. The monoisotopic (exact) mass is 475 g/mol. The van der Waals surface area contributed by atoms with Gasteiger partial charge in [0.15, 0.2) is 22.3 Å². The Kier molecular flexibility index (Phi) is 5.41. The smallest absolute Gasteiger partial charge is 0.234 e. The van der Waals surface area contributed by atoms with Crippen molar-refractivity contribution in [1.29, 1.82) is 0 Å². The minimum absolute atomic E-state index is 0.0687. The molecule has 9 heteroatoms. The lowest BCUT2D eigenvalue weighted by molar-refractivity contribution is -0.113. The van der Waals surface area contributed by atoms with E-state index in [0.29, 0.717) is 10.9 Å². The standard InChI is InChI=1S/C25H25N5O3S/c1-16-11-17-12-21-22(33-15-32-21)13-20(17)30-24(16)27-28-25(30)34-14-23(31)26-18-7-3-4-8-19(18)29-9-5-2-6-10-29/h3-4,7-8,11-13H,2,5-6,9-10,14-15H2,1H3,(H,26,31). The second-order valence-electron chi connectivity index (χ2n) is 8.63. The molecular formula is C25H25N5O3S. The predicted octanol–water partition coefficient (Wildman–Crippen LogP) is 4.64. The van der Waals surface area contributed by atoms with Crippen LogP contribution in [0, 0.1) is 6.92 Å². The number of hydrogen-bond acceptors (Lipinski definition) is 7. The molecule has 4 aromatic rings. The number of carbonyl (C=O) groups excluding carboxylic acids is 1. The van der Waals surface area contributed by atoms with Crippen molar-refractivity contribution in [2.75, 3.05) is 35.9 Å². The van der Waals surface area contributed by atoms with Crippen LogP contribution in [0.5, 0.6) is 11.5 Å². The third-order valence-electron chi connectivity index (χ3n) is 6.33. The predicted molar refractivity (Wildman–Crippen MR) is 133 cm³/mol. The van der Waals surface area contributed by atoms with Crippen LogP contribution >= 0.6 is 11.8 Å². The van der Waals surface area contributed by atoms with Crippen LogP contribution in [0.2, 0.25) is 0 Å². The van der Waals surface area contributed by atoms with Crippen LogP contribution < -0.4 is 19.7 Å². The summed E-state index contributed by atoms with van der Waals surface area (Å²) in [5.41, 5.74) is 4.64. The van der Waals surface area contributed by atoms with Crippen LogP contribution in [-0.4, -0.2) is 46.1 Å². The maximum atomic E-state index is 12.9. The topological polar surface area (TPSA) is 81.0 Å². The summed E-state index contributed by atoms with van der Waals surface area (Å²) in [6.45, 7) is 4.28. The molecule has 1 N–H and O–H groups in total. The van der Waals surface area contributed by atoms with E-state index in [1.807, 2.05) is 41.7 Å². The van der Waals surface area contributed by atoms with Gasteiger partial charge in [-0.3, -0.25) is 9.20 Å². The minimum Gasteiger partial charge on any atom is -0.454 e. The number of benzene rings is 2. The average molecular weight is 476 g/mol. The number of fused-ring (bicyclic) bond motifs is 4. The molecule has 6 rings (SSSR count). The molecule has 174 valence electrons. The number of pyridine rings is 1. The largest absolute Gasteiger partial charge is 0.454 e. The third-order valence-corrected chi connectivity index (χ3v) is 7.26. The van der Waals surface area contributed by atoms with Crippen molar-refractivity contribution >= 4 is 45.6 Å². The zero-order valence-corrected chi connectivity index (χ0v) is 19.7. The van der Waals surface area contributed by atoms with Crippen molar-refractivity contribution in [3.05, 3.63) is 48.0 Å². The normalized spacial score (nSPS) is 15.3. The van der Waals surface area contributed by atoms with E-state index in [1.165, 1.54) is 31.0 Å². The lowest BCUT2D eigenvalue weighted by Crippen LogP contribution is -2.30. The number of thioether (sulfide) groups is 1. The van der Waals surface area contributed by atoms with Gasteiger partial charge in [-0.05, 0) is 56.0 Å². The van der Waals surface area contributed by atoms with Crippen molar-refractivity contribution < 1.29 is 14.3 Å². The maximum Gasteiger partial charge on any atom is 0.234 e. The highest BCUT2D eigenvalue weighted by atomic mass is 32.2. The van der Waals surface area contributed by atoms with Gasteiger partial charge in [0, 0.05) is 24.5 Å². The molecular weight excluding hydrogens is 450 g/mol. The van der Waals surface area contributed by atoms with E-state index in [1.54, 1.807) is 0 Å². The number of amides is 1. The Balaban J connectivity index is 1.25. The SMILES string of the molecule is Cc1cc2cc3c(cc2n2c(SCC(=O)Nc4ccccc4N4CCCCC4)nnc12)OCO3. The number of hydrogen-bond donors (Lipinski definition) is 1. The second-order valence-corrected chi connectivity index (χ2v) is 9.58. The first-order valence-corrected chi connectivity index (χ1v) is 12.5. The van der Waals surface area contributed by atoms with E-state index in [-0.39, 0.29) is 18.5 Å². The first-order valence-electron chi connectivity index (χ1n) is 11.5. The van der Waals surface area contributed by atoms with E-state index in [9.17, 15) is 4.79 Å². The van der Waals surface area contributed by atoms with Crippen LogP contribution in [0.15, 0.2) is 47.6 Å². The number of anilines is 2. The second kappa shape index (κ2) is 8.72. The first kappa shape index (κ1) is 21.1. The Morgan fingerprint density at radius 3 is 2.71 bits per heavy atom. The average Bonchev–Trinajstić information content (AvgIpc) is 3.50. The molecule has 2 aromatic heterocycles. The first-order chi connectivity index (χ1) is 16.7. The van der Waals surface area contributed by atoms with Crippen molar-refractivity contribution in [2.24, 2.45) is 0 Å². The van der Waals surface area contributed by atoms with E-state index < -0.39 is 0 Å². The van der Waals surface area contributed by atoms with E-state index in [2.05, 4.69) is 32.5 Å². The molecule has 34 heavy (non-hydrogen) atoms. The van der Waals surface area contributed by atoms with Gasteiger partial charge in [0.2, 0.25) is 12.7 Å². The molecule has 1 saturated heterocycles. The molecule has 0 radical (unpaired) electrons. The van der Waals surface area contributed by atoms with Crippen molar-refractivity contribution in [3.63, 3.8) is 0 Å². The van der Waals surface area contributed by atoms with E-state index in [0.717, 1.165) is 52.3 Å². The van der Waals surface area contributed by atoms with Gasteiger partial charge in [0.25, 0.3) is 0 Å². The summed E-state index contributed by atoms with van der Waals surface area (Å²) < 4.78 is 13.1. The molecule has 1 fully saturated rings. The summed E-state index contributed by atoms with van der Waals surface area (Å²) in [6, 6.07) is 14.0. The molecule has 2 aromatic carbocycles. The number of nitrogens with zero attached hydrogens (tertiary/aromatic N) is 4. The third kappa shape index (κ3) is 3.79. The maximum absolute atomic E-state index is 12.9. The number of aromatic nitrogens is 3. The fraction of sp³-hybridized carbons (Fsp3) is 0.320. The zero-order valence-electron chi connectivity index (χ0n) is 18.9. The van der Waals surface area contributed by atoms with Gasteiger partial charge >= 0.3 is 0 Å². The number of carbonyl (C=O) groups is 1. The van der Waals surface area contributed by atoms with Crippen LogP contribution in [0.4, 0.5) is 11.4 Å². The molecule has 2 aliphatic rings. The Morgan fingerprint density at radius 2 is 1.85 bits per heavy atom. The van der Waals surface area contributed by atoms with Crippen molar-refractivity contribution in [2.45, 2.75) is 31.3 Å². The molecule has 1 amide bonds. The summed E-state index contributed by atoms with van der Waals surface area (Å²) in [7, 11) is 0. The van der Waals surface area contributed by atoms with Gasteiger partial charge in [-0.25, -0.2) is 0 Å². The van der Waals surface area contributed by atoms with Crippen LogP contribution in [-0.2, 0) is 4.79 Å². The van der Waals surface area contributed by atoms with E-state index in [4.69, 9.17) is 9.47 Å². The lowest BCUT2D eigenvalue weighted by atomic mass is 10.1. The van der Waals surface area contributed by atoms with Gasteiger partial charge in [-0.1, -0.05) is 23.9 Å². The molecule has 0 atom stereocenters. The van der Waals surface area contributed by atoms with Crippen LogP contribution in [0.3, 0.4) is 0 Å². The zero-order chi connectivity index (χ0) is 23.1. The minimum atomic E-state index is -0.0687. The van der Waals surface area contributed by atoms with Gasteiger partial charge in [-0.2, -0.15) is 0 Å². The van der Waals surface area contributed by atoms with Gasteiger partial charge in [0.1, 0.15) is 0 Å². The Labute approximate surface area is 201 Å². The summed E-state index contributed by atoms with van der Waals surface area (Å²) in [6.07, 6.45) is 3.64. The number of aryl methyl sites for hydroxylation is 1. The lowest BCUT2D eigenvalue weighted by Gasteiger charge is -2.30. The Morgan fingerprint density at radius 1 is 1.06 bits per heavy atom. The molecule has 8 nitrogen and oxygen atoms in total. The highest BCUT2D eigenvalue weighted by Crippen LogP contribution is 2.38. The summed E-state index contributed by atoms with van der Waals surface area (Å²) >= 11 is 1.37. The fourth-order valence-electron chi connectivity index (χ4n) is 4.70. The number of para-hydroxylation sites is 2. The van der Waals surface area contributed by atoms with Crippen LogP contribution in [0.25, 0.3) is 16.6 Å². The summed E-state index contributed by atoms with van der Waals surface area (Å²) in [5.74, 6) is 1.60. The molecule has 2 aliphatic heterocycles. The molecule has 0 aliphatic carbocycles. The van der Waals surface area contributed by atoms with E-state index >= 15 is 0 Å². The highest BCUT2D eigenvalue weighted by Gasteiger charge is 2.20. The van der Waals surface area contributed by atoms with Crippen molar-refractivity contribution in [3.8, 4) is 11.5 Å². The van der Waals surface area contributed by atoms with Gasteiger partial charge < -0.3 is 19.7 Å². The number of piperidine rings is 1. The molecule has 0 unspecified atom stereocenters. The van der Waals surface area contributed by atoms with Crippen molar-refractivity contribution in [1.82, 2.24) is 14.6 Å². The Hall–Kier alpha value is -3.46. The molecule has 4 heterocycles. The van der Waals surface area contributed by atoms with Gasteiger partial charge in [-0.15, -0.1) is 10.2 Å². The quantitative estimate of drug-likeness (QED) is 0.421. The number of ether oxygens (including phenoxy) is 2. The number of rotatable bonds is 5. The Bertz CT molecular complexity index is 1400. The summed E-state index contributed by atoms with van der Waals surface area (Å²) in [5, 5.41) is 13.6. The summed E-state index contributed by atoms with van der Waals surface area (Å²) in [4.78, 5) is 15.3. The number of nitrogens with one attached hydrogen (secondary N) is 1. The molecule has 0 spiro atoms.